The Morgan fingerprint density at radius 1 is 1.36 bits per heavy atom. The topological polar surface area (TPSA) is 32.5 Å². The molecule has 0 atom stereocenters. The van der Waals surface area contributed by atoms with Crippen LogP contribution < -0.4 is 5.73 Å². The summed E-state index contributed by atoms with van der Waals surface area (Å²) in [5, 5.41) is 0. The van der Waals surface area contributed by atoms with Crippen LogP contribution in [-0.2, 0) is 0 Å². The van der Waals surface area contributed by atoms with E-state index in [0.29, 0.717) is 0 Å². The Bertz CT molecular complexity index is 141. The lowest BCUT2D eigenvalue weighted by Crippen LogP contribution is -2.44. The summed E-state index contributed by atoms with van der Waals surface area (Å²) in [4.78, 5) is 5.00. The van der Waals surface area contributed by atoms with Gasteiger partial charge in [0.25, 0.3) is 0 Å². The van der Waals surface area contributed by atoms with Crippen molar-refractivity contribution in [3.63, 3.8) is 0 Å². The molecular formula is C11H25N3. The van der Waals surface area contributed by atoms with Gasteiger partial charge in [0.15, 0.2) is 0 Å². The van der Waals surface area contributed by atoms with Crippen LogP contribution in [0.2, 0.25) is 0 Å². The van der Waals surface area contributed by atoms with Crippen molar-refractivity contribution in [2.24, 2.45) is 5.73 Å². The van der Waals surface area contributed by atoms with Gasteiger partial charge in [0.2, 0.25) is 0 Å². The van der Waals surface area contributed by atoms with E-state index in [1.54, 1.807) is 0 Å². The third kappa shape index (κ3) is 3.56. The van der Waals surface area contributed by atoms with Crippen LogP contribution in [0.15, 0.2) is 0 Å². The quantitative estimate of drug-likeness (QED) is 0.709. The maximum atomic E-state index is 5.56. The molecule has 0 aliphatic carbocycles. The highest BCUT2D eigenvalue weighted by Gasteiger charge is 2.20. The molecule has 0 aromatic rings. The summed E-state index contributed by atoms with van der Waals surface area (Å²) < 4.78 is 0. The molecule has 0 amide bonds. The van der Waals surface area contributed by atoms with Crippen LogP contribution in [-0.4, -0.2) is 55.6 Å². The van der Waals surface area contributed by atoms with E-state index in [4.69, 9.17) is 5.73 Å². The maximum Gasteiger partial charge on any atom is 0.0117 e. The molecule has 1 fully saturated rings. The van der Waals surface area contributed by atoms with E-state index in [0.717, 1.165) is 19.1 Å². The van der Waals surface area contributed by atoms with Crippen molar-refractivity contribution >= 4 is 0 Å². The van der Waals surface area contributed by atoms with Crippen LogP contribution in [0.3, 0.4) is 0 Å². The fourth-order valence-electron chi connectivity index (χ4n) is 2.29. The first kappa shape index (κ1) is 12.0. The molecule has 84 valence electrons. The first-order chi connectivity index (χ1) is 6.77. The predicted octanol–water partition coefficient (Wildman–Crippen LogP) is 0.751. The standard InChI is InChI=1S/C11H25N3/c1-3-7-14-8-4-11(5-9-14)13(2)10-6-12/h11H,3-10,12H2,1-2H3. The molecule has 0 aromatic carbocycles. The number of likely N-dealkylation sites (N-methyl/N-ethyl adjacent to an activating group) is 1. The van der Waals surface area contributed by atoms with Crippen LogP contribution in [0.1, 0.15) is 26.2 Å². The van der Waals surface area contributed by atoms with Gasteiger partial charge in [0.05, 0.1) is 0 Å². The number of rotatable bonds is 5. The molecule has 0 saturated carbocycles. The summed E-state index contributed by atoms with van der Waals surface area (Å²) in [6.45, 7) is 7.89. The average molecular weight is 199 g/mol. The molecule has 1 aliphatic rings. The zero-order valence-corrected chi connectivity index (χ0v) is 9.71. The van der Waals surface area contributed by atoms with Gasteiger partial charge in [-0.25, -0.2) is 0 Å². The van der Waals surface area contributed by atoms with Crippen LogP contribution in [0, 0.1) is 0 Å². The minimum Gasteiger partial charge on any atom is -0.329 e. The van der Waals surface area contributed by atoms with Crippen molar-refractivity contribution in [1.82, 2.24) is 9.80 Å². The minimum atomic E-state index is 0.770. The number of hydrogen-bond donors (Lipinski definition) is 1. The van der Waals surface area contributed by atoms with Gasteiger partial charge in [-0.15, -0.1) is 0 Å². The molecule has 0 spiro atoms. The SMILES string of the molecule is CCCN1CCC(N(C)CCN)CC1. The van der Waals surface area contributed by atoms with Gasteiger partial charge in [-0.3, -0.25) is 0 Å². The van der Waals surface area contributed by atoms with Crippen LogP contribution in [0.5, 0.6) is 0 Å². The molecule has 0 unspecified atom stereocenters. The summed E-state index contributed by atoms with van der Waals surface area (Å²) in [5.74, 6) is 0. The van der Waals surface area contributed by atoms with Crippen molar-refractivity contribution in [2.45, 2.75) is 32.2 Å². The Labute approximate surface area is 88.2 Å². The Morgan fingerprint density at radius 3 is 2.50 bits per heavy atom. The molecule has 14 heavy (non-hydrogen) atoms. The molecule has 0 bridgehead atoms. The zero-order valence-electron chi connectivity index (χ0n) is 9.71. The van der Waals surface area contributed by atoms with E-state index in [1.165, 1.54) is 38.9 Å². The monoisotopic (exact) mass is 199 g/mol. The van der Waals surface area contributed by atoms with Crippen LogP contribution in [0.25, 0.3) is 0 Å². The minimum absolute atomic E-state index is 0.770. The van der Waals surface area contributed by atoms with Gasteiger partial charge >= 0.3 is 0 Å². The van der Waals surface area contributed by atoms with Crippen molar-refractivity contribution < 1.29 is 0 Å². The lowest BCUT2D eigenvalue weighted by molar-refractivity contribution is 0.130. The second-order valence-corrected chi connectivity index (χ2v) is 4.34. The molecule has 3 heteroatoms. The van der Waals surface area contributed by atoms with Crippen molar-refractivity contribution in [3.8, 4) is 0 Å². The molecule has 3 nitrogen and oxygen atoms in total. The van der Waals surface area contributed by atoms with Gasteiger partial charge in [0, 0.05) is 19.1 Å². The smallest absolute Gasteiger partial charge is 0.0117 e. The Kier molecular flexibility index (Phi) is 5.45. The number of nitrogens with two attached hydrogens (primary N) is 1. The third-order valence-corrected chi connectivity index (χ3v) is 3.20. The summed E-state index contributed by atoms with van der Waals surface area (Å²) in [7, 11) is 2.20. The third-order valence-electron chi connectivity index (χ3n) is 3.20. The summed E-state index contributed by atoms with van der Waals surface area (Å²) in [6.07, 6.45) is 3.91. The normalized spacial score (nSPS) is 20.6. The van der Waals surface area contributed by atoms with E-state index in [-0.39, 0.29) is 0 Å². The fraction of sp³-hybridized carbons (Fsp3) is 1.00. The van der Waals surface area contributed by atoms with Crippen molar-refractivity contribution in [2.75, 3.05) is 39.8 Å². The number of hydrogen-bond acceptors (Lipinski definition) is 3. The molecule has 0 aromatic heterocycles. The van der Waals surface area contributed by atoms with Gasteiger partial charge in [0.1, 0.15) is 0 Å². The molecule has 1 heterocycles. The second-order valence-electron chi connectivity index (χ2n) is 4.34. The van der Waals surface area contributed by atoms with Crippen LogP contribution >= 0.6 is 0 Å². The highest BCUT2D eigenvalue weighted by molar-refractivity contribution is 4.78. The molecular weight excluding hydrogens is 174 g/mol. The number of likely N-dealkylation sites (tertiary alicyclic amines) is 1. The molecule has 1 rings (SSSR count). The average Bonchev–Trinajstić information content (AvgIpc) is 2.20. The molecule has 1 saturated heterocycles. The number of piperidine rings is 1. The van der Waals surface area contributed by atoms with Gasteiger partial charge < -0.3 is 15.5 Å². The maximum absolute atomic E-state index is 5.56. The highest BCUT2D eigenvalue weighted by Crippen LogP contribution is 2.14. The van der Waals surface area contributed by atoms with E-state index < -0.39 is 0 Å². The summed E-state index contributed by atoms with van der Waals surface area (Å²) in [6, 6.07) is 0.770. The van der Waals surface area contributed by atoms with E-state index in [2.05, 4.69) is 23.8 Å². The highest BCUT2D eigenvalue weighted by atomic mass is 15.2. The summed E-state index contributed by atoms with van der Waals surface area (Å²) >= 11 is 0. The lowest BCUT2D eigenvalue weighted by atomic mass is 10.0. The Hall–Kier alpha value is -0.120. The fourth-order valence-corrected chi connectivity index (χ4v) is 2.29. The van der Waals surface area contributed by atoms with E-state index >= 15 is 0 Å². The molecule has 1 aliphatic heterocycles. The zero-order chi connectivity index (χ0) is 10.4. The van der Waals surface area contributed by atoms with E-state index in [1.807, 2.05) is 0 Å². The Morgan fingerprint density at radius 2 is 2.00 bits per heavy atom. The number of nitrogens with zero attached hydrogens (tertiary/aromatic N) is 2. The van der Waals surface area contributed by atoms with Gasteiger partial charge in [-0.05, 0) is 45.9 Å². The largest absolute Gasteiger partial charge is 0.329 e. The van der Waals surface area contributed by atoms with Crippen molar-refractivity contribution in [1.29, 1.82) is 0 Å². The Balaban J connectivity index is 2.21. The van der Waals surface area contributed by atoms with Gasteiger partial charge in [-0.1, -0.05) is 6.92 Å². The van der Waals surface area contributed by atoms with E-state index in [9.17, 15) is 0 Å². The van der Waals surface area contributed by atoms with Gasteiger partial charge in [-0.2, -0.15) is 0 Å². The van der Waals surface area contributed by atoms with Crippen LogP contribution in [0.4, 0.5) is 0 Å². The lowest BCUT2D eigenvalue weighted by Gasteiger charge is -2.36. The first-order valence-corrected chi connectivity index (χ1v) is 5.90. The molecule has 2 N–H and O–H groups in total. The first-order valence-electron chi connectivity index (χ1n) is 5.90. The van der Waals surface area contributed by atoms with Crippen molar-refractivity contribution in [3.05, 3.63) is 0 Å². The second kappa shape index (κ2) is 6.38. The predicted molar refractivity (Wildman–Crippen MR) is 61.4 cm³/mol. The molecule has 0 radical (unpaired) electrons. The summed E-state index contributed by atoms with van der Waals surface area (Å²) in [5.41, 5.74) is 5.56.